The normalized spacial score (nSPS) is 14.6. The summed E-state index contributed by atoms with van der Waals surface area (Å²) in [6.07, 6.45) is 3.95. The van der Waals surface area contributed by atoms with Gasteiger partial charge in [0, 0.05) is 18.9 Å². The fraction of sp³-hybridized carbons (Fsp3) is 0.600. The first-order valence-corrected chi connectivity index (χ1v) is 5.00. The summed E-state index contributed by atoms with van der Waals surface area (Å²) < 4.78 is 1.54. The number of nitrogens with zero attached hydrogens (tertiary/aromatic N) is 2. The van der Waals surface area contributed by atoms with Gasteiger partial charge in [0.15, 0.2) is 0 Å². The van der Waals surface area contributed by atoms with Gasteiger partial charge in [-0.15, -0.1) is 0 Å². The molecule has 0 aliphatic rings. The number of hydrogen-bond acceptors (Lipinski definition) is 3. The van der Waals surface area contributed by atoms with Crippen molar-refractivity contribution in [2.45, 2.75) is 32.4 Å². The van der Waals surface area contributed by atoms with Gasteiger partial charge in [-0.2, -0.15) is 5.10 Å². The van der Waals surface area contributed by atoms with Gasteiger partial charge in [0.1, 0.15) is 6.54 Å². The summed E-state index contributed by atoms with van der Waals surface area (Å²) in [5.41, 5.74) is -0.834. The Morgan fingerprint density at radius 2 is 2.40 bits per heavy atom. The third-order valence-corrected chi connectivity index (χ3v) is 2.29. The molecule has 5 heteroatoms. The second kappa shape index (κ2) is 4.93. The molecular formula is C10H17N3O2. The van der Waals surface area contributed by atoms with E-state index in [2.05, 4.69) is 10.4 Å². The van der Waals surface area contributed by atoms with Gasteiger partial charge in [-0.3, -0.25) is 9.48 Å². The predicted molar refractivity (Wildman–Crippen MR) is 56.2 cm³/mol. The summed E-state index contributed by atoms with van der Waals surface area (Å²) in [4.78, 5) is 11.4. The lowest BCUT2D eigenvalue weighted by Gasteiger charge is -2.21. The quantitative estimate of drug-likeness (QED) is 0.729. The van der Waals surface area contributed by atoms with Crippen molar-refractivity contribution >= 4 is 5.91 Å². The summed E-state index contributed by atoms with van der Waals surface area (Å²) in [5.74, 6) is -0.146. The monoisotopic (exact) mass is 211 g/mol. The van der Waals surface area contributed by atoms with Crippen LogP contribution in [0.5, 0.6) is 0 Å². The number of hydrogen-bond donors (Lipinski definition) is 2. The lowest BCUT2D eigenvalue weighted by Crippen LogP contribution is -2.41. The van der Waals surface area contributed by atoms with E-state index in [1.165, 1.54) is 4.68 Å². The van der Waals surface area contributed by atoms with Crippen molar-refractivity contribution in [1.29, 1.82) is 0 Å². The Morgan fingerprint density at radius 3 is 2.93 bits per heavy atom. The molecule has 0 saturated carbocycles. The highest BCUT2D eigenvalue weighted by atomic mass is 16.3. The van der Waals surface area contributed by atoms with E-state index >= 15 is 0 Å². The van der Waals surface area contributed by atoms with E-state index in [1.807, 2.05) is 6.92 Å². The minimum atomic E-state index is -0.834. The SMILES string of the molecule is CCC(C)(O)CNC(=O)Cn1cccn1. The Balaban J connectivity index is 2.31. The summed E-state index contributed by atoms with van der Waals surface area (Å²) in [6, 6.07) is 1.76. The van der Waals surface area contributed by atoms with Gasteiger partial charge in [0.2, 0.25) is 5.91 Å². The minimum Gasteiger partial charge on any atom is -0.388 e. The van der Waals surface area contributed by atoms with Gasteiger partial charge in [0.05, 0.1) is 5.60 Å². The zero-order valence-corrected chi connectivity index (χ0v) is 9.10. The molecule has 1 atom stereocenters. The van der Waals surface area contributed by atoms with Crippen LogP contribution in [-0.2, 0) is 11.3 Å². The maximum Gasteiger partial charge on any atom is 0.241 e. The van der Waals surface area contributed by atoms with Crippen LogP contribution in [0.4, 0.5) is 0 Å². The largest absolute Gasteiger partial charge is 0.388 e. The molecule has 0 aliphatic carbocycles. The molecule has 1 aromatic heterocycles. The summed E-state index contributed by atoms with van der Waals surface area (Å²) in [7, 11) is 0. The van der Waals surface area contributed by atoms with Crippen LogP contribution in [0.2, 0.25) is 0 Å². The Bertz CT molecular complexity index is 306. The van der Waals surface area contributed by atoms with Crippen LogP contribution in [0, 0.1) is 0 Å². The van der Waals surface area contributed by atoms with E-state index in [-0.39, 0.29) is 19.0 Å². The van der Waals surface area contributed by atoms with Crippen molar-refractivity contribution in [3.63, 3.8) is 0 Å². The van der Waals surface area contributed by atoms with Gasteiger partial charge in [-0.25, -0.2) is 0 Å². The maximum absolute atomic E-state index is 11.4. The molecule has 5 nitrogen and oxygen atoms in total. The van der Waals surface area contributed by atoms with Crippen LogP contribution < -0.4 is 5.32 Å². The molecule has 2 N–H and O–H groups in total. The predicted octanol–water partition coefficient (Wildman–Crippen LogP) is 0.160. The van der Waals surface area contributed by atoms with E-state index < -0.39 is 5.60 Å². The van der Waals surface area contributed by atoms with Crippen LogP contribution in [0.25, 0.3) is 0 Å². The average Bonchev–Trinajstić information content (AvgIpc) is 2.68. The number of rotatable bonds is 5. The fourth-order valence-corrected chi connectivity index (χ4v) is 1.01. The van der Waals surface area contributed by atoms with Crippen LogP contribution in [-0.4, -0.2) is 32.9 Å². The Hall–Kier alpha value is -1.36. The van der Waals surface area contributed by atoms with Gasteiger partial charge >= 0.3 is 0 Å². The van der Waals surface area contributed by atoms with E-state index in [9.17, 15) is 9.90 Å². The number of amides is 1. The first kappa shape index (κ1) is 11.7. The third-order valence-electron chi connectivity index (χ3n) is 2.29. The fourth-order valence-electron chi connectivity index (χ4n) is 1.01. The molecule has 1 rings (SSSR count). The highest BCUT2D eigenvalue weighted by molar-refractivity contribution is 5.75. The number of aromatic nitrogens is 2. The molecular weight excluding hydrogens is 194 g/mol. The lowest BCUT2D eigenvalue weighted by atomic mass is 10.0. The molecule has 0 aliphatic heterocycles. The number of aliphatic hydroxyl groups is 1. The van der Waals surface area contributed by atoms with Gasteiger partial charge in [-0.05, 0) is 19.4 Å². The summed E-state index contributed by atoms with van der Waals surface area (Å²) in [6.45, 7) is 4.03. The maximum atomic E-state index is 11.4. The van der Waals surface area contributed by atoms with E-state index in [4.69, 9.17) is 0 Å². The second-order valence-corrected chi connectivity index (χ2v) is 3.83. The molecule has 0 aromatic carbocycles. The molecule has 0 saturated heterocycles. The van der Waals surface area contributed by atoms with Crippen molar-refractivity contribution < 1.29 is 9.90 Å². The molecule has 1 heterocycles. The van der Waals surface area contributed by atoms with E-state index in [0.717, 1.165) is 0 Å². The minimum absolute atomic E-state index is 0.146. The van der Waals surface area contributed by atoms with Crippen molar-refractivity contribution in [3.8, 4) is 0 Å². The van der Waals surface area contributed by atoms with Crippen molar-refractivity contribution in [2.75, 3.05) is 6.54 Å². The van der Waals surface area contributed by atoms with E-state index in [0.29, 0.717) is 6.42 Å². The zero-order valence-electron chi connectivity index (χ0n) is 9.10. The highest BCUT2D eigenvalue weighted by Gasteiger charge is 2.18. The van der Waals surface area contributed by atoms with Crippen molar-refractivity contribution in [2.24, 2.45) is 0 Å². The van der Waals surface area contributed by atoms with Crippen molar-refractivity contribution in [3.05, 3.63) is 18.5 Å². The summed E-state index contributed by atoms with van der Waals surface area (Å²) >= 11 is 0. The smallest absolute Gasteiger partial charge is 0.241 e. The molecule has 0 radical (unpaired) electrons. The lowest BCUT2D eigenvalue weighted by molar-refractivity contribution is -0.123. The molecule has 84 valence electrons. The Morgan fingerprint density at radius 1 is 1.67 bits per heavy atom. The summed E-state index contributed by atoms with van der Waals surface area (Å²) in [5, 5.41) is 16.2. The van der Waals surface area contributed by atoms with Crippen LogP contribution in [0.3, 0.4) is 0 Å². The van der Waals surface area contributed by atoms with Gasteiger partial charge in [0.25, 0.3) is 0 Å². The molecule has 1 amide bonds. The average molecular weight is 211 g/mol. The number of carbonyl (C=O) groups excluding carboxylic acids is 1. The Labute approximate surface area is 89.1 Å². The van der Waals surface area contributed by atoms with Crippen LogP contribution in [0.1, 0.15) is 20.3 Å². The zero-order chi connectivity index (χ0) is 11.3. The topological polar surface area (TPSA) is 67.2 Å². The first-order chi connectivity index (χ1) is 7.03. The third kappa shape index (κ3) is 4.12. The van der Waals surface area contributed by atoms with Gasteiger partial charge < -0.3 is 10.4 Å². The van der Waals surface area contributed by atoms with E-state index in [1.54, 1.807) is 25.4 Å². The molecule has 0 fully saturated rings. The highest BCUT2D eigenvalue weighted by Crippen LogP contribution is 2.05. The molecule has 1 unspecified atom stereocenters. The van der Waals surface area contributed by atoms with Crippen LogP contribution >= 0.6 is 0 Å². The van der Waals surface area contributed by atoms with Crippen LogP contribution in [0.15, 0.2) is 18.5 Å². The molecule has 1 aromatic rings. The molecule has 0 spiro atoms. The van der Waals surface area contributed by atoms with Gasteiger partial charge in [-0.1, -0.05) is 6.92 Å². The second-order valence-electron chi connectivity index (χ2n) is 3.83. The first-order valence-electron chi connectivity index (χ1n) is 5.00. The Kier molecular flexibility index (Phi) is 3.85. The number of nitrogens with one attached hydrogen (secondary N) is 1. The van der Waals surface area contributed by atoms with Crippen molar-refractivity contribution in [1.82, 2.24) is 15.1 Å². The molecule has 0 bridgehead atoms. The standard InChI is InChI=1S/C10H17N3O2/c1-3-10(2,15)8-11-9(14)7-13-6-4-5-12-13/h4-6,15H,3,7-8H2,1-2H3,(H,11,14). The number of carbonyl (C=O) groups is 1. The molecule has 15 heavy (non-hydrogen) atoms.